The van der Waals surface area contributed by atoms with Crippen molar-refractivity contribution in [2.75, 3.05) is 37.1 Å². The Morgan fingerprint density at radius 2 is 0.410 bits per heavy atom. The molecule has 0 unspecified atom stereocenters. The minimum atomic E-state index is -6.33. The van der Waals surface area contributed by atoms with Gasteiger partial charge in [0.15, 0.2) is 24.8 Å². The zero-order valence-electron chi connectivity index (χ0n) is 70.2. The molecular weight excluding hydrogens is 2340 g/mol. The Kier molecular flexibility index (Phi) is 80.4. The smallest absolute Gasteiger partial charge is 0.356 e. The van der Waals surface area contributed by atoms with Crippen LogP contribution in [0.2, 0.25) is 0 Å². The first-order valence-corrected chi connectivity index (χ1v) is 49.9. The third kappa shape index (κ3) is 62.8. The summed E-state index contributed by atoms with van der Waals surface area (Å²) in [7, 11) is -86.0. The van der Waals surface area contributed by atoms with Crippen LogP contribution in [0.5, 0.6) is 0 Å². The van der Waals surface area contributed by atoms with Crippen molar-refractivity contribution < 1.29 is 692 Å². The van der Waals surface area contributed by atoms with Crippen LogP contribution in [0.15, 0.2) is 58.3 Å². The van der Waals surface area contributed by atoms with Gasteiger partial charge in [-0.1, -0.05) is 23.5 Å². The van der Waals surface area contributed by atoms with Gasteiger partial charge in [0.2, 0.25) is 0 Å². The maximum absolute atomic E-state index is 13.3. The van der Waals surface area contributed by atoms with E-state index >= 15 is 0 Å². The van der Waals surface area contributed by atoms with Gasteiger partial charge in [0.1, 0.15) is 96.3 Å². The van der Waals surface area contributed by atoms with E-state index in [2.05, 4.69) is 58.6 Å². The molecule has 20 atom stereocenters. The van der Waals surface area contributed by atoms with Gasteiger partial charge in [-0.3, -0.25) is 73.3 Å². The van der Waals surface area contributed by atoms with Crippen molar-refractivity contribution in [3.05, 3.63) is 48.5 Å². The summed E-state index contributed by atoms with van der Waals surface area (Å²) in [6, 6.07) is 6.75. The SMILES string of the molecule is O=C(Nc1ccc(S[C@@H]2O[C@H](COS(=O)(=O)O)[C@@H](O[C@@H]3O[C@H](COS(=O)(=O)O)[C@@H](OS(=O)(=O)O)[C@H](OS(=O)(=O)O)[C@H]3OS(=O)(=O)O)[C@H](OS(=O)(=O)O)[C@H]2OS(=O)(=O)O)cc1)C(=O)Nc1ccc(S[C@@H]2O[C@H](COS(=O)(=O)O)[C@@H](O[C@@H]3O[C@H](COS(=O)(=O)O)[C@@H](OS(=O)(=O)O)[C@H](OS(=O)(=O)O)[C@H]3OS(=O)(=O)O)[C@H](OS(=O)(=O)O)[C@H]2OS(=O)(=O)O)cc1.[Na+].[Na+].[Na+].[Na+].[Na+].[Na+].[Na+].[Na+].[Na+].[Na+].[Na+].[Na+].[Na+].[Na+]. The fourth-order valence-electron chi connectivity index (χ4n) is 10.1. The number of carbonyl (C=O) groups is 2. The van der Waals surface area contributed by atoms with Crippen molar-refractivity contribution in [1.29, 1.82) is 0 Å². The number of ether oxygens (including phenoxy) is 6. The van der Waals surface area contributed by atoms with Gasteiger partial charge in [-0.25, -0.2) is 58.6 Å². The summed E-state index contributed by atoms with van der Waals surface area (Å²) in [6.45, 7) is -7.79. The van der Waals surface area contributed by atoms with E-state index in [1.54, 1.807) is 0 Å². The number of benzene rings is 2. The molecule has 2 amide bonds. The van der Waals surface area contributed by atoms with E-state index in [0.717, 1.165) is 48.5 Å². The molecule has 96 heteroatoms. The van der Waals surface area contributed by atoms with Crippen LogP contribution in [0, 0.1) is 0 Å². The summed E-state index contributed by atoms with van der Waals surface area (Å²) >= 11 is 0.0229. The molecule has 0 spiro atoms. The molecule has 0 aromatic heterocycles. The Hall–Kier alpha value is 10.0. The Bertz CT molecular complexity index is 5440. The molecule has 694 valence electrons. The van der Waals surface area contributed by atoms with E-state index < -0.39 is 326 Å². The van der Waals surface area contributed by atoms with Gasteiger partial charge in [0.25, 0.3) is 0 Å². The molecule has 0 aliphatic carbocycles. The fourth-order valence-corrected chi connectivity index (χ4v) is 18.6. The molecule has 2 aromatic rings. The number of rotatable bonds is 42. The molecule has 4 saturated heterocycles. The molecule has 16 N–H and O–H groups in total. The van der Waals surface area contributed by atoms with E-state index in [9.17, 15) is 191 Å². The van der Waals surface area contributed by atoms with Gasteiger partial charge in [-0.15, -0.1) is 0 Å². The van der Waals surface area contributed by atoms with Crippen LogP contribution >= 0.6 is 23.5 Å². The molecule has 0 saturated carbocycles. The molecule has 4 fully saturated rings. The maximum Gasteiger partial charge on any atom is 1.00 e. The number of nitrogens with one attached hydrogen (secondary N) is 2. The van der Waals surface area contributed by atoms with Crippen molar-refractivity contribution in [3.63, 3.8) is 0 Å². The summed E-state index contributed by atoms with van der Waals surface area (Å²) in [5.74, 6) is -3.29. The fraction of sp³-hybridized carbons (Fsp3) is 0.632. The number of hydrogen-bond donors (Lipinski definition) is 16. The van der Waals surface area contributed by atoms with Crippen LogP contribution in [0.1, 0.15) is 0 Å². The Balaban J connectivity index is -0.00000159. The number of hydrogen-bond acceptors (Lipinski definition) is 52. The molecule has 134 heavy (non-hydrogen) atoms. The van der Waals surface area contributed by atoms with Crippen molar-refractivity contribution in [2.24, 2.45) is 0 Å². The molecule has 2 aromatic carbocycles. The summed E-state index contributed by atoms with van der Waals surface area (Å²) in [5.41, 5.74) is -5.94. The van der Waals surface area contributed by atoms with Crippen molar-refractivity contribution in [1.82, 2.24) is 0 Å². The first-order chi connectivity index (χ1) is 53.9. The standard InChI is InChI=1S/C38H52N2O64S16.14Na/c41-33(39-13-1-5-15(6-2-13)105-37-31(103-119(79,80)81)25(97-113(61,62)63)21(17(91-37)9-85-107(43,44)45)93-35-29(101-117(73,74)75)27(99-115(67,68)69)23(95-111(55,56)57)19(89-35)11-87-109(49,50)51)34(42)40-14-3-7-16(8-4-14)106-38-32(104-120(82,83)84)26(98-114(64,65)66)22(18(92-38)10-86-108(46,47)48)94-36-30(102-118(76,77)78)28(100-116(70,71)72)24(96-112(58,59)60)20(90-36)12-88-110(52,53)54;;;;;;;;;;;;;;/h1-8,17-32,35-38H,9-12H2,(H,39,41)(H,40,42)(H,43,44,45)(H,46,47,48)(H,49,50,51)(H,52,53,54)(H,55,56,57)(H,58,59,60)(H,61,62,63)(H,64,65,66)(H,67,68,69)(H,70,71,72)(H,73,74,75)(H,76,77,78)(H,79,80,81)(H,82,83,84);;;;;;;;;;;;;;/q;14*+1/t17-,18-,19-,20-,21-,22-,23-,24-,25+,26+,27+,28+,29-,30-,31-,32-,35+,36+,37+,38+;;;;;;;;;;;;;;/m1............../s1. The quantitative estimate of drug-likeness (QED) is 0.0167. The molecule has 4 heterocycles. The predicted octanol–water partition coefficient (Wildman–Crippen LogP) is -50.7. The van der Waals surface area contributed by atoms with E-state index in [-0.39, 0.29) is 437 Å². The summed E-state index contributed by atoms with van der Waals surface area (Å²) in [6.07, 6.45) is -57.5. The molecule has 4 aliphatic rings. The molecule has 4 aliphatic heterocycles. The zero-order valence-corrected chi connectivity index (χ0v) is 111. The normalized spacial score (nSPS) is 26.0. The molecule has 0 radical (unpaired) electrons. The average Bonchev–Trinajstić information content (AvgIpc) is 0.755. The molecular formula is C38H52N2Na14O64S16+14. The second-order valence-corrected chi connectivity index (χ2v) is 39.5. The third-order valence-electron chi connectivity index (χ3n) is 13.7. The van der Waals surface area contributed by atoms with E-state index in [1.807, 2.05) is 10.6 Å². The van der Waals surface area contributed by atoms with Gasteiger partial charge in [-0.2, -0.15) is 118 Å². The van der Waals surface area contributed by atoms with Crippen LogP contribution in [0.3, 0.4) is 0 Å². The summed E-state index contributed by atoms with van der Waals surface area (Å²) in [4.78, 5) is 25.8. The van der Waals surface area contributed by atoms with E-state index in [4.69, 9.17) is 28.4 Å². The van der Waals surface area contributed by atoms with Crippen molar-refractivity contribution >= 4 is 192 Å². The Morgan fingerprint density at radius 3 is 0.604 bits per heavy atom. The Morgan fingerprint density at radius 1 is 0.239 bits per heavy atom. The minimum absolute atomic E-state index is 0. The number of thioether (sulfide) groups is 2. The second-order valence-electron chi connectivity index (χ2n) is 22.3. The largest absolute Gasteiger partial charge is 1.00 e. The first-order valence-electron chi connectivity index (χ1n) is 29.0. The van der Waals surface area contributed by atoms with Crippen LogP contribution in [-0.4, -0.2) is 341 Å². The topological polar surface area (TPSA) is 1000 Å². The van der Waals surface area contributed by atoms with E-state index in [0.29, 0.717) is 0 Å². The van der Waals surface area contributed by atoms with Crippen molar-refractivity contribution in [2.45, 2.75) is 131 Å². The average molecular weight is 2400 g/mol. The van der Waals surface area contributed by atoms with Crippen LogP contribution in [0.25, 0.3) is 0 Å². The molecule has 0 bridgehead atoms. The van der Waals surface area contributed by atoms with E-state index in [1.165, 1.54) is 0 Å². The van der Waals surface area contributed by atoms with Crippen molar-refractivity contribution in [3.8, 4) is 0 Å². The molecule has 6 rings (SSSR count). The Labute approximate surface area is 1080 Å². The van der Waals surface area contributed by atoms with Crippen LogP contribution in [-0.2, 0) is 242 Å². The van der Waals surface area contributed by atoms with Gasteiger partial charge in [0, 0.05) is 21.2 Å². The van der Waals surface area contributed by atoms with Gasteiger partial charge >= 0.3 is 571 Å². The summed E-state index contributed by atoms with van der Waals surface area (Å²) < 4.78 is 568. The number of amides is 2. The van der Waals surface area contributed by atoms with Gasteiger partial charge in [-0.05, 0) is 48.5 Å². The number of carbonyl (C=O) groups excluding carboxylic acids is 2. The summed E-state index contributed by atoms with van der Waals surface area (Å²) in [5, 5.41) is 4.03. The maximum atomic E-state index is 13.3. The zero-order chi connectivity index (χ0) is 91.5. The van der Waals surface area contributed by atoms with Gasteiger partial charge < -0.3 is 39.1 Å². The molecule has 66 nitrogen and oxygen atoms in total. The third-order valence-corrected chi connectivity index (χ3v) is 22.4. The second kappa shape index (κ2) is 66.7. The number of anilines is 2. The van der Waals surface area contributed by atoms with Crippen LogP contribution in [0.4, 0.5) is 11.4 Å². The van der Waals surface area contributed by atoms with Crippen LogP contribution < -0.4 is 424 Å². The minimum Gasteiger partial charge on any atom is -0.356 e. The monoisotopic (exact) mass is 2390 g/mol. The first kappa shape index (κ1) is 162. The van der Waals surface area contributed by atoms with Gasteiger partial charge in [0.05, 0.1) is 26.4 Å². The predicted molar refractivity (Wildman–Crippen MR) is 360 cm³/mol.